The summed E-state index contributed by atoms with van der Waals surface area (Å²) in [6.07, 6.45) is -1.92. The molecule has 0 aromatic heterocycles. The van der Waals surface area contributed by atoms with Crippen molar-refractivity contribution >= 4 is 21.9 Å². The van der Waals surface area contributed by atoms with Crippen LogP contribution in [0, 0.1) is 6.92 Å². The number of carboxylic acid groups (broad SMARTS) is 1. The van der Waals surface area contributed by atoms with Crippen LogP contribution in [-0.4, -0.2) is 32.7 Å². The van der Waals surface area contributed by atoms with Gasteiger partial charge in [-0.25, -0.2) is 4.79 Å². The average molecular weight is 289 g/mol. The lowest BCUT2D eigenvalue weighted by Gasteiger charge is -2.18. The maximum absolute atomic E-state index is 10.7. The van der Waals surface area contributed by atoms with Gasteiger partial charge in [-0.15, -0.1) is 0 Å². The highest BCUT2D eigenvalue weighted by molar-refractivity contribution is 9.09. The van der Waals surface area contributed by atoms with Gasteiger partial charge in [-0.05, 0) is 30.2 Å². The molecule has 3 N–H and O–H groups in total. The summed E-state index contributed by atoms with van der Waals surface area (Å²) in [5, 5.41) is 28.3. The largest absolute Gasteiger partial charge is 0.478 e. The highest BCUT2D eigenvalue weighted by Gasteiger charge is 2.19. The average Bonchev–Trinajstić information content (AvgIpc) is 2.26. The summed E-state index contributed by atoms with van der Waals surface area (Å²) < 4.78 is 0. The fourth-order valence-corrected chi connectivity index (χ4v) is 1.79. The molecule has 0 heterocycles. The number of hydrogen-bond acceptors (Lipinski definition) is 3. The van der Waals surface area contributed by atoms with Gasteiger partial charge >= 0.3 is 5.97 Å². The number of aliphatic hydroxyl groups excluding tert-OH is 2. The molecule has 0 saturated heterocycles. The zero-order valence-electron chi connectivity index (χ0n) is 8.72. The number of alkyl halides is 1. The molecule has 2 unspecified atom stereocenters. The minimum Gasteiger partial charge on any atom is -0.478 e. The summed E-state index contributed by atoms with van der Waals surface area (Å²) in [6.45, 7) is 1.70. The first kappa shape index (κ1) is 13.2. The first-order valence-corrected chi connectivity index (χ1v) is 5.85. The molecule has 1 aromatic rings. The third kappa shape index (κ3) is 2.81. The van der Waals surface area contributed by atoms with Crippen molar-refractivity contribution in [3.8, 4) is 0 Å². The summed E-state index contributed by atoms with van der Waals surface area (Å²) in [5.74, 6) is -1.01. The van der Waals surface area contributed by atoms with E-state index in [9.17, 15) is 15.0 Å². The van der Waals surface area contributed by atoms with Crippen molar-refractivity contribution in [3.05, 3.63) is 34.9 Å². The maximum atomic E-state index is 10.7. The van der Waals surface area contributed by atoms with Gasteiger partial charge < -0.3 is 15.3 Å². The van der Waals surface area contributed by atoms with E-state index < -0.39 is 18.2 Å². The van der Waals surface area contributed by atoms with Crippen molar-refractivity contribution in [1.82, 2.24) is 0 Å². The van der Waals surface area contributed by atoms with E-state index in [4.69, 9.17) is 5.11 Å². The topological polar surface area (TPSA) is 77.8 Å². The molecule has 0 bridgehead atoms. The number of rotatable bonds is 4. The van der Waals surface area contributed by atoms with Crippen molar-refractivity contribution in [3.63, 3.8) is 0 Å². The Bertz CT molecular complexity index is 392. The van der Waals surface area contributed by atoms with Gasteiger partial charge in [-0.1, -0.05) is 22.0 Å². The van der Waals surface area contributed by atoms with E-state index in [2.05, 4.69) is 15.9 Å². The summed E-state index contributed by atoms with van der Waals surface area (Å²) in [4.78, 5) is 10.7. The number of aromatic carboxylic acids is 1. The Balaban J connectivity index is 3.03. The molecule has 0 saturated carbocycles. The first-order valence-electron chi connectivity index (χ1n) is 4.73. The van der Waals surface area contributed by atoms with E-state index in [1.54, 1.807) is 6.92 Å². The van der Waals surface area contributed by atoms with E-state index >= 15 is 0 Å². The lowest BCUT2D eigenvalue weighted by Crippen LogP contribution is -2.20. The molecule has 0 aliphatic carbocycles. The van der Waals surface area contributed by atoms with Crippen LogP contribution in [0.2, 0.25) is 0 Å². The molecular weight excluding hydrogens is 276 g/mol. The molecule has 2 atom stereocenters. The number of hydrogen-bond donors (Lipinski definition) is 3. The maximum Gasteiger partial charge on any atom is 0.335 e. The molecular formula is C11H13BrO4. The van der Waals surface area contributed by atoms with E-state index in [0.717, 1.165) is 0 Å². The van der Waals surface area contributed by atoms with Gasteiger partial charge in [0.15, 0.2) is 0 Å². The Morgan fingerprint density at radius 2 is 2.06 bits per heavy atom. The van der Waals surface area contributed by atoms with E-state index in [0.29, 0.717) is 11.1 Å². The zero-order chi connectivity index (χ0) is 12.3. The van der Waals surface area contributed by atoms with Crippen LogP contribution >= 0.6 is 15.9 Å². The molecule has 0 aliphatic rings. The molecule has 0 fully saturated rings. The van der Waals surface area contributed by atoms with Crippen molar-refractivity contribution in [2.24, 2.45) is 0 Å². The first-order chi connectivity index (χ1) is 7.47. The van der Waals surface area contributed by atoms with Crippen LogP contribution in [0.1, 0.15) is 27.6 Å². The van der Waals surface area contributed by atoms with E-state index in [1.807, 2.05) is 0 Å². The summed E-state index contributed by atoms with van der Waals surface area (Å²) >= 11 is 3.07. The van der Waals surface area contributed by atoms with Gasteiger partial charge in [0.05, 0.1) is 11.7 Å². The van der Waals surface area contributed by atoms with Gasteiger partial charge in [0.2, 0.25) is 0 Å². The third-order valence-corrected chi connectivity index (χ3v) is 3.02. The summed E-state index contributed by atoms with van der Waals surface area (Å²) in [7, 11) is 0. The van der Waals surface area contributed by atoms with Gasteiger partial charge in [-0.2, -0.15) is 0 Å². The van der Waals surface area contributed by atoms with E-state index in [1.165, 1.54) is 18.2 Å². The lowest BCUT2D eigenvalue weighted by molar-refractivity contribution is 0.0338. The fraction of sp³-hybridized carbons (Fsp3) is 0.364. The molecule has 0 spiro atoms. The number of carboxylic acids is 1. The molecule has 0 radical (unpaired) electrons. The lowest BCUT2D eigenvalue weighted by atomic mass is 9.98. The monoisotopic (exact) mass is 288 g/mol. The molecule has 1 rings (SSSR count). The van der Waals surface area contributed by atoms with Crippen LogP contribution in [0.15, 0.2) is 18.2 Å². The predicted octanol–water partition coefficient (Wildman–Crippen LogP) is 1.48. The van der Waals surface area contributed by atoms with Gasteiger partial charge in [0, 0.05) is 5.33 Å². The standard InChI is InChI=1S/C11H13BrO4/c1-6-4-7(11(15)16)2-3-8(6)10(14)9(13)5-12/h2-4,9-10,13-14H,5H2,1H3,(H,15,16). The SMILES string of the molecule is Cc1cc(C(=O)O)ccc1C(O)C(O)CBr. The number of benzene rings is 1. The number of aliphatic hydroxyl groups is 2. The molecule has 0 amide bonds. The summed E-state index contributed by atoms with van der Waals surface area (Å²) in [5.41, 5.74) is 1.35. The molecule has 0 aliphatic heterocycles. The van der Waals surface area contributed by atoms with Crippen molar-refractivity contribution < 1.29 is 20.1 Å². The smallest absolute Gasteiger partial charge is 0.335 e. The van der Waals surface area contributed by atoms with Crippen LogP contribution in [-0.2, 0) is 0 Å². The second-order valence-electron chi connectivity index (χ2n) is 3.54. The minimum atomic E-state index is -1.01. The Hall–Kier alpha value is -0.910. The van der Waals surface area contributed by atoms with Crippen molar-refractivity contribution in [1.29, 1.82) is 0 Å². The molecule has 1 aromatic carbocycles. The normalized spacial score (nSPS) is 14.5. The Morgan fingerprint density at radius 1 is 1.44 bits per heavy atom. The zero-order valence-corrected chi connectivity index (χ0v) is 10.3. The van der Waals surface area contributed by atoms with Crippen molar-refractivity contribution in [2.45, 2.75) is 19.1 Å². The van der Waals surface area contributed by atoms with Crippen LogP contribution in [0.5, 0.6) is 0 Å². The molecule has 16 heavy (non-hydrogen) atoms. The second-order valence-corrected chi connectivity index (χ2v) is 4.19. The van der Waals surface area contributed by atoms with Crippen LogP contribution < -0.4 is 0 Å². The highest BCUT2D eigenvalue weighted by Crippen LogP contribution is 2.22. The van der Waals surface area contributed by atoms with Gasteiger partial charge in [-0.3, -0.25) is 0 Å². The quantitative estimate of drug-likeness (QED) is 0.734. The molecule has 88 valence electrons. The van der Waals surface area contributed by atoms with Crippen molar-refractivity contribution in [2.75, 3.05) is 5.33 Å². The van der Waals surface area contributed by atoms with Crippen LogP contribution in [0.3, 0.4) is 0 Å². The van der Waals surface area contributed by atoms with Gasteiger partial charge in [0.1, 0.15) is 6.10 Å². The minimum absolute atomic E-state index is 0.168. The summed E-state index contributed by atoms with van der Waals surface area (Å²) in [6, 6.07) is 4.41. The Labute approximate surface area is 102 Å². The van der Waals surface area contributed by atoms with Crippen LogP contribution in [0.4, 0.5) is 0 Å². The Kier molecular flexibility index (Phi) is 4.46. The molecule has 4 nitrogen and oxygen atoms in total. The van der Waals surface area contributed by atoms with E-state index in [-0.39, 0.29) is 10.9 Å². The molecule has 5 heteroatoms. The van der Waals surface area contributed by atoms with Crippen LogP contribution in [0.25, 0.3) is 0 Å². The third-order valence-electron chi connectivity index (χ3n) is 2.36. The predicted molar refractivity (Wildman–Crippen MR) is 62.9 cm³/mol. The Morgan fingerprint density at radius 3 is 2.50 bits per heavy atom. The number of carbonyl (C=O) groups is 1. The second kappa shape index (κ2) is 5.43. The van der Waals surface area contributed by atoms with Gasteiger partial charge in [0.25, 0.3) is 0 Å². The highest BCUT2D eigenvalue weighted by atomic mass is 79.9. The number of halogens is 1. The fourth-order valence-electron chi connectivity index (χ4n) is 1.43. The number of aryl methyl sites for hydroxylation is 1.